The van der Waals surface area contributed by atoms with Crippen molar-refractivity contribution in [3.63, 3.8) is 0 Å². The number of carboxylic acid groups (broad SMARTS) is 2. The molecule has 0 aliphatic rings. The van der Waals surface area contributed by atoms with E-state index in [4.69, 9.17) is 10.2 Å². The maximum atomic E-state index is 10.1. The van der Waals surface area contributed by atoms with Gasteiger partial charge in [0.25, 0.3) is 0 Å². The molecule has 0 fully saturated rings. The maximum Gasteiger partial charge on any atom is 0.327 e. The summed E-state index contributed by atoms with van der Waals surface area (Å²) in [7, 11) is 0. The molecule has 4 nitrogen and oxygen atoms in total. The lowest BCUT2D eigenvalue weighted by Gasteiger charge is -1.96. The fourth-order valence-electron chi connectivity index (χ4n) is 1.25. The minimum atomic E-state index is -0.904. The molecule has 0 spiro atoms. The lowest BCUT2D eigenvalue weighted by molar-refractivity contribution is -0.132. The van der Waals surface area contributed by atoms with Crippen LogP contribution in [0.25, 0.3) is 0 Å². The van der Waals surface area contributed by atoms with Crippen LogP contribution in [0.1, 0.15) is 38.5 Å². The minimum absolute atomic E-state index is 0.789. The number of carbonyl (C=O) groups is 2. The zero-order chi connectivity index (χ0) is 12.2. The van der Waals surface area contributed by atoms with Crippen molar-refractivity contribution < 1.29 is 19.8 Å². The van der Waals surface area contributed by atoms with Crippen molar-refractivity contribution in [2.24, 2.45) is 0 Å². The second-order valence-electron chi connectivity index (χ2n) is 3.47. The number of aliphatic carboxylic acids is 2. The van der Waals surface area contributed by atoms with Crippen molar-refractivity contribution in [1.29, 1.82) is 0 Å². The first-order chi connectivity index (χ1) is 7.63. The molecule has 0 amide bonds. The van der Waals surface area contributed by atoms with E-state index in [1.54, 1.807) is 12.2 Å². The molecule has 0 aliphatic heterocycles. The molecule has 0 bridgehead atoms. The standard InChI is InChI=1S/C12H18O4/c13-11(14)9-7-5-3-1-2-4-6-8-10-12(15)16/h7-10H,1-6H2,(H,13,14)(H,15,16)/b9-7-,10-8-. The van der Waals surface area contributed by atoms with Crippen LogP contribution in [0.15, 0.2) is 24.3 Å². The summed E-state index contributed by atoms with van der Waals surface area (Å²) in [5, 5.41) is 16.6. The molecule has 0 aliphatic carbocycles. The van der Waals surface area contributed by atoms with Crippen LogP contribution >= 0.6 is 0 Å². The Morgan fingerprint density at radius 3 is 1.44 bits per heavy atom. The normalized spacial score (nSPS) is 11.2. The van der Waals surface area contributed by atoms with Gasteiger partial charge in [-0.15, -0.1) is 0 Å². The highest BCUT2D eigenvalue weighted by molar-refractivity contribution is 5.79. The van der Waals surface area contributed by atoms with E-state index in [-0.39, 0.29) is 0 Å². The van der Waals surface area contributed by atoms with Gasteiger partial charge in [0.15, 0.2) is 0 Å². The van der Waals surface area contributed by atoms with Crippen LogP contribution in [-0.4, -0.2) is 22.2 Å². The summed E-state index contributed by atoms with van der Waals surface area (Å²) in [5.74, 6) is -1.81. The predicted molar refractivity (Wildman–Crippen MR) is 61.3 cm³/mol. The SMILES string of the molecule is O=C(O)/C=C\CCCCCC/C=C\C(=O)O. The van der Waals surface area contributed by atoms with Crippen LogP contribution in [0, 0.1) is 0 Å². The topological polar surface area (TPSA) is 74.6 Å². The highest BCUT2D eigenvalue weighted by atomic mass is 16.4. The molecular formula is C12H18O4. The summed E-state index contributed by atoms with van der Waals surface area (Å²) < 4.78 is 0. The highest BCUT2D eigenvalue weighted by Crippen LogP contribution is 2.06. The lowest BCUT2D eigenvalue weighted by Crippen LogP contribution is -1.86. The Morgan fingerprint density at radius 2 is 1.12 bits per heavy atom. The Morgan fingerprint density at radius 1 is 0.750 bits per heavy atom. The van der Waals surface area contributed by atoms with Crippen LogP contribution in [-0.2, 0) is 9.59 Å². The summed E-state index contributed by atoms with van der Waals surface area (Å²) in [6, 6.07) is 0. The summed E-state index contributed by atoms with van der Waals surface area (Å²) in [4.78, 5) is 20.2. The number of allylic oxidation sites excluding steroid dienone is 2. The van der Waals surface area contributed by atoms with E-state index in [1.165, 1.54) is 0 Å². The zero-order valence-corrected chi connectivity index (χ0v) is 9.26. The van der Waals surface area contributed by atoms with Gasteiger partial charge in [0.05, 0.1) is 0 Å². The van der Waals surface area contributed by atoms with Gasteiger partial charge in [-0.25, -0.2) is 9.59 Å². The molecule has 0 aromatic rings. The first-order valence-electron chi connectivity index (χ1n) is 5.42. The molecule has 0 saturated heterocycles. The fraction of sp³-hybridized carbons (Fsp3) is 0.500. The third kappa shape index (κ3) is 12.4. The Labute approximate surface area is 95.3 Å². The van der Waals surface area contributed by atoms with E-state index in [0.717, 1.165) is 50.7 Å². The van der Waals surface area contributed by atoms with Gasteiger partial charge in [-0.3, -0.25) is 0 Å². The van der Waals surface area contributed by atoms with Crippen LogP contribution in [0.3, 0.4) is 0 Å². The summed E-state index contributed by atoms with van der Waals surface area (Å²) in [6.45, 7) is 0. The fourth-order valence-corrected chi connectivity index (χ4v) is 1.25. The van der Waals surface area contributed by atoms with Gasteiger partial charge >= 0.3 is 11.9 Å². The van der Waals surface area contributed by atoms with Gasteiger partial charge in [0.2, 0.25) is 0 Å². The number of hydrogen-bond acceptors (Lipinski definition) is 2. The minimum Gasteiger partial charge on any atom is -0.478 e. The second kappa shape index (κ2) is 9.96. The first kappa shape index (κ1) is 14.4. The number of unbranched alkanes of at least 4 members (excludes halogenated alkanes) is 5. The van der Waals surface area contributed by atoms with Crippen molar-refractivity contribution in [2.45, 2.75) is 38.5 Å². The van der Waals surface area contributed by atoms with Gasteiger partial charge in [-0.1, -0.05) is 25.0 Å². The predicted octanol–water partition coefficient (Wildman–Crippen LogP) is 2.61. The first-order valence-corrected chi connectivity index (χ1v) is 5.42. The quantitative estimate of drug-likeness (QED) is 0.468. The second-order valence-corrected chi connectivity index (χ2v) is 3.47. The Balaban J connectivity index is 3.22. The Kier molecular flexibility index (Phi) is 8.97. The van der Waals surface area contributed by atoms with E-state index in [2.05, 4.69) is 0 Å². The van der Waals surface area contributed by atoms with Gasteiger partial charge in [0.1, 0.15) is 0 Å². The molecule has 0 atom stereocenters. The molecule has 0 aromatic heterocycles. The van der Waals surface area contributed by atoms with Crippen molar-refractivity contribution in [3.05, 3.63) is 24.3 Å². The van der Waals surface area contributed by atoms with Crippen LogP contribution in [0.2, 0.25) is 0 Å². The molecule has 2 N–H and O–H groups in total. The summed E-state index contributed by atoms with van der Waals surface area (Å²) in [5.41, 5.74) is 0. The zero-order valence-electron chi connectivity index (χ0n) is 9.26. The molecule has 0 rings (SSSR count). The average Bonchev–Trinajstić information content (AvgIpc) is 2.20. The van der Waals surface area contributed by atoms with Crippen molar-refractivity contribution in [2.75, 3.05) is 0 Å². The molecule has 0 saturated carbocycles. The van der Waals surface area contributed by atoms with Crippen molar-refractivity contribution in [3.8, 4) is 0 Å². The van der Waals surface area contributed by atoms with E-state index >= 15 is 0 Å². The molecule has 0 heterocycles. The van der Waals surface area contributed by atoms with Gasteiger partial charge < -0.3 is 10.2 Å². The molecule has 4 heteroatoms. The number of hydrogen-bond donors (Lipinski definition) is 2. The Bertz CT molecular complexity index is 238. The molecule has 0 radical (unpaired) electrons. The van der Waals surface area contributed by atoms with Gasteiger partial charge in [0, 0.05) is 12.2 Å². The lowest BCUT2D eigenvalue weighted by atomic mass is 10.1. The largest absolute Gasteiger partial charge is 0.478 e. The van der Waals surface area contributed by atoms with E-state index in [9.17, 15) is 9.59 Å². The number of rotatable bonds is 9. The molecular weight excluding hydrogens is 208 g/mol. The number of carboxylic acids is 2. The average molecular weight is 226 g/mol. The summed E-state index contributed by atoms with van der Waals surface area (Å²) >= 11 is 0. The smallest absolute Gasteiger partial charge is 0.327 e. The highest BCUT2D eigenvalue weighted by Gasteiger charge is 1.90. The molecule has 0 aromatic carbocycles. The van der Waals surface area contributed by atoms with Crippen LogP contribution in [0.4, 0.5) is 0 Å². The Hall–Kier alpha value is -1.58. The summed E-state index contributed by atoms with van der Waals surface area (Å²) in [6.07, 6.45) is 11.3. The molecule has 0 unspecified atom stereocenters. The van der Waals surface area contributed by atoms with Crippen molar-refractivity contribution in [1.82, 2.24) is 0 Å². The third-order valence-electron chi connectivity index (χ3n) is 2.01. The van der Waals surface area contributed by atoms with Crippen LogP contribution in [0.5, 0.6) is 0 Å². The van der Waals surface area contributed by atoms with E-state index < -0.39 is 11.9 Å². The van der Waals surface area contributed by atoms with Crippen molar-refractivity contribution >= 4 is 11.9 Å². The monoisotopic (exact) mass is 226 g/mol. The third-order valence-corrected chi connectivity index (χ3v) is 2.01. The van der Waals surface area contributed by atoms with Gasteiger partial charge in [-0.05, 0) is 25.7 Å². The molecule has 16 heavy (non-hydrogen) atoms. The maximum absolute atomic E-state index is 10.1. The van der Waals surface area contributed by atoms with E-state index in [1.807, 2.05) is 0 Å². The van der Waals surface area contributed by atoms with Gasteiger partial charge in [-0.2, -0.15) is 0 Å². The van der Waals surface area contributed by atoms with E-state index in [0.29, 0.717) is 0 Å². The van der Waals surface area contributed by atoms with Crippen LogP contribution < -0.4 is 0 Å². The molecule has 90 valence electrons.